The van der Waals surface area contributed by atoms with E-state index in [0.29, 0.717) is 6.54 Å². The Morgan fingerprint density at radius 2 is 1.62 bits per heavy atom. The van der Waals surface area contributed by atoms with Gasteiger partial charge in [-0.25, -0.2) is 0 Å². The Hall–Kier alpha value is -2.33. The smallest absolute Gasteiger partial charge is 0.238 e. The Labute approximate surface area is 145 Å². The first kappa shape index (κ1) is 18.0. The number of aryl methyl sites for hydroxylation is 2. The quantitative estimate of drug-likeness (QED) is 0.884. The molecule has 24 heavy (non-hydrogen) atoms. The van der Waals surface area contributed by atoms with Gasteiger partial charge < -0.3 is 10.2 Å². The highest BCUT2D eigenvalue weighted by Crippen LogP contribution is 2.15. The molecule has 0 aliphatic heterocycles. The van der Waals surface area contributed by atoms with Crippen molar-refractivity contribution in [2.24, 2.45) is 0 Å². The van der Waals surface area contributed by atoms with Crippen LogP contribution in [0.5, 0.6) is 0 Å². The minimum atomic E-state index is 0.00525. The second-order valence-corrected chi connectivity index (χ2v) is 6.58. The molecule has 4 heteroatoms. The van der Waals surface area contributed by atoms with E-state index in [1.807, 2.05) is 44.2 Å². The highest BCUT2D eigenvalue weighted by Gasteiger charge is 2.08. The summed E-state index contributed by atoms with van der Waals surface area (Å²) in [7, 11) is 6.01. The summed E-state index contributed by atoms with van der Waals surface area (Å²) in [6, 6.07) is 14.4. The van der Waals surface area contributed by atoms with Gasteiger partial charge in [0.1, 0.15) is 0 Å². The van der Waals surface area contributed by atoms with Gasteiger partial charge in [-0.1, -0.05) is 18.2 Å². The standard InChI is InChI=1S/C20H27N3O/c1-15-6-9-18(12-16(15)2)21-20(24)14-23(5)13-17-7-10-19(11-8-17)22(3)4/h6-12H,13-14H2,1-5H3,(H,21,24). The van der Waals surface area contributed by atoms with Crippen molar-refractivity contribution in [2.45, 2.75) is 20.4 Å². The second kappa shape index (κ2) is 7.97. The van der Waals surface area contributed by atoms with E-state index in [4.69, 9.17) is 0 Å². The highest BCUT2D eigenvalue weighted by atomic mass is 16.2. The number of benzene rings is 2. The first-order chi connectivity index (χ1) is 11.3. The van der Waals surface area contributed by atoms with Gasteiger partial charge in [0.25, 0.3) is 0 Å². The second-order valence-electron chi connectivity index (χ2n) is 6.58. The number of nitrogens with one attached hydrogen (secondary N) is 1. The average Bonchev–Trinajstić information content (AvgIpc) is 2.51. The number of hydrogen-bond acceptors (Lipinski definition) is 3. The van der Waals surface area contributed by atoms with Crippen LogP contribution in [0.15, 0.2) is 42.5 Å². The molecule has 0 saturated carbocycles. The molecule has 2 aromatic rings. The Morgan fingerprint density at radius 3 is 2.21 bits per heavy atom. The van der Waals surface area contributed by atoms with Gasteiger partial charge in [-0.3, -0.25) is 9.69 Å². The lowest BCUT2D eigenvalue weighted by molar-refractivity contribution is -0.117. The summed E-state index contributed by atoms with van der Waals surface area (Å²) in [6.07, 6.45) is 0. The number of rotatable bonds is 6. The maximum absolute atomic E-state index is 12.2. The fourth-order valence-corrected chi connectivity index (χ4v) is 2.53. The molecule has 0 atom stereocenters. The molecule has 2 aromatic carbocycles. The normalized spacial score (nSPS) is 10.8. The van der Waals surface area contributed by atoms with E-state index in [0.717, 1.165) is 12.2 Å². The topological polar surface area (TPSA) is 35.6 Å². The fourth-order valence-electron chi connectivity index (χ4n) is 2.53. The van der Waals surface area contributed by atoms with Crippen LogP contribution in [0.1, 0.15) is 16.7 Å². The van der Waals surface area contributed by atoms with Gasteiger partial charge in [-0.2, -0.15) is 0 Å². The summed E-state index contributed by atoms with van der Waals surface area (Å²) in [5, 5.41) is 2.96. The molecule has 0 saturated heterocycles. The minimum absolute atomic E-state index is 0.00525. The molecule has 0 bridgehead atoms. The number of hydrogen-bond donors (Lipinski definition) is 1. The maximum atomic E-state index is 12.2. The van der Waals surface area contributed by atoms with Crippen LogP contribution in [0, 0.1) is 13.8 Å². The van der Waals surface area contributed by atoms with Gasteiger partial charge >= 0.3 is 0 Å². The number of nitrogens with zero attached hydrogens (tertiary/aromatic N) is 2. The summed E-state index contributed by atoms with van der Waals surface area (Å²) in [5.74, 6) is 0.00525. The minimum Gasteiger partial charge on any atom is -0.378 e. The first-order valence-electron chi connectivity index (χ1n) is 8.17. The third kappa shape index (κ3) is 5.10. The van der Waals surface area contributed by atoms with Crippen LogP contribution in [0.3, 0.4) is 0 Å². The van der Waals surface area contributed by atoms with Crippen molar-refractivity contribution in [3.63, 3.8) is 0 Å². The summed E-state index contributed by atoms with van der Waals surface area (Å²) < 4.78 is 0. The maximum Gasteiger partial charge on any atom is 0.238 e. The molecule has 0 spiro atoms. The zero-order valence-corrected chi connectivity index (χ0v) is 15.3. The van der Waals surface area contributed by atoms with Crippen LogP contribution < -0.4 is 10.2 Å². The number of carbonyl (C=O) groups is 1. The van der Waals surface area contributed by atoms with E-state index in [1.54, 1.807) is 0 Å². The first-order valence-corrected chi connectivity index (χ1v) is 8.17. The van der Waals surface area contributed by atoms with Crippen LogP contribution in [-0.2, 0) is 11.3 Å². The highest BCUT2D eigenvalue weighted by molar-refractivity contribution is 5.92. The number of anilines is 2. The largest absolute Gasteiger partial charge is 0.378 e. The van der Waals surface area contributed by atoms with Crippen molar-refractivity contribution in [3.8, 4) is 0 Å². The molecule has 0 fully saturated rings. The van der Waals surface area contributed by atoms with Crippen molar-refractivity contribution in [1.82, 2.24) is 4.90 Å². The molecule has 0 aliphatic carbocycles. The Kier molecular flexibility index (Phi) is 5.99. The Bertz CT molecular complexity index is 693. The Balaban J connectivity index is 1.87. The molecule has 0 radical (unpaired) electrons. The van der Waals surface area contributed by atoms with E-state index in [9.17, 15) is 4.79 Å². The van der Waals surface area contributed by atoms with Crippen molar-refractivity contribution in [2.75, 3.05) is 37.9 Å². The van der Waals surface area contributed by atoms with Gasteiger partial charge in [0.15, 0.2) is 0 Å². The molecule has 4 nitrogen and oxygen atoms in total. The lowest BCUT2D eigenvalue weighted by atomic mass is 10.1. The van der Waals surface area contributed by atoms with E-state index < -0.39 is 0 Å². The molecule has 0 heterocycles. The molecule has 0 aliphatic rings. The summed E-state index contributed by atoms with van der Waals surface area (Å²) in [4.78, 5) is 16.3. The molecular weight excluding hydrogens is 298 g/mol. The molecule has 128 valence electrons. The van der Waals surface area contributed by atoms with Crippen LogP contribution in [-0.4, -0.2) is 38.5 Å². The van der Waals surface area contributed by atoms with Gasteiger partial charge in [0, 0.05) is 32.0 Å². The fraction of sp³-hybridized carbons (Fsp3) is 0.350. The van der Waals surface area contributed by atoms with Gasteiger partial charge in [-0.15, -0.1) is 0 Å². The molecular formula is C20H27N3O. The molecule has 0 unspecified atom stereocenters. The van der Waals surface area contributed by atoms with Gasteiger partial charge in [0.2, 0.25) is 5.91 Å². The molecule has 2 rings (SSSR count). The van der Waals surface area contributed by atoms with Crippen molar-refractivity contribution >= 4 is 17.3 Å². The van der Waals surface area contributed by atoms with Gasteiger partial charge in [0.05, 0.1) is 6.54 Å². The van der Waals surface area contributed by atoms with Crippen molar-refractivity contribution in [1.29, 1.82) is 0 Å². The summed E-state index contributed by atoms with van der Waals surface area (Å²) in [5.41, 5.74) is 5.64. The van der Waals surface area contributed by atoms with E-state index in [2.05, 4.69) is 48.3 Å². The third-order valence-electron chi connectivity index (χ3n) is 4.11. The third-order valence-corrected chi connectivity index (χ3v) is 4.11. The molecule has 1 N–H and O–H groups in total. The van der Waals surface area contributed by atoms with E-state index in [-0.39, 0.29) is 5.91 Å². The zero-order valence-electron chi connectivity index (χ0n) is 15.3. The summed E-state index contributed by atoms with van der Waals surface area (Å²) >= 11 is 0. The SMILES string of the molecule is Cc1ccc(NC(=O)CN(C)Cc2ccc(N(C)C)cc2)cc1C. The molecule has 1 amide bonds. The van der Waals surface area contributed by atoms with Crippen LogP contribution >= 0.6 is 0 Å². The number of likely N-dealkylation sites (N-methyl/N-ethyl adjacent to an activating group) is 1. The van der Waals surface area contributed by atoms with Crippen molar-refractivity contribution in [3.05, 3.63) is 59.2 Å². The van der Waals surface area contributed by atoms with Crippen molar-refractivity contribution < 1.29 is 4.79 Å². The zero-order chi connectivity index (χ0) is 17.7. The lowest BCUT2D eigenvalue weighted by Gasteiger charge is -2.18. The lowest BCUT2D eigenvalue weighted by Crippen LogP contribution is -2.29. The predicted molar refractivity (Wildman–Crippen MR) is 102 cm³/mol. The van der Waals surface area contributed by atoms with Crippen LogP contribution in [0.25, 0.3) is 0 Å². The van der Waals surface area contributed by atoms with Crippen LogP contribution in [0.4, 0.5) is 11.4 Å². The van der Waals surface area contributed by atoms with Gasteiger partial charge in [-0.05, 0) is 61.9 Å². The van der Waals surface area contributed by atoms with Crippen LogP contribution in [0.2, 0.25) is 0 Å². The van der Waals surface area contributed by atoms with E-state index >= 15 is 0 Å². The molecule has 0 aromatic heterocycles. The average molecular weight is 325 g/mol. The predicted octanol–water partition coefficient (Wildman–Crippen LogP) is 3.44. The number of carbonyl (C=O) groups excluding carboxylic acids is 1. The monoisotopic (exact) mass is 325 g/mol. The summed E-state index contributed by atoms with van der Waals surface area (Å²) in [6.45, 7) is 5.22. The Morgan fingerprint density at radius 1 is 0.958 bits per heavy atom. The van der Waals surface area contributed by atoms with E-state index in [1.165, 1.54) is 22.4 Å². The number of amides is 1.